The summed E-state index contributed by atoms with van der Waals surface area (Å²) in [5, 5.41) is 10.0. The minimum absolute atomic E-state index is 0.197. The van der Waals surface area contributed by atoms with Crippen molar-refractivity contribution in [3.8, 4) is 0 Å². The highest BCUT2D eigenvalue weighted by molar-refractivity contribution is 7.98. The number of aromatic nitrogens is 3. The minimum atomic E-state index is -0.983. The van der Waals surface area contributed by atoms with Gasteiger partial charge in [0.15, 0.2) is 0 Å². The molecule has 0 fully saturated rings. The zero-order chi connectivity index (χ0) is 13.1. The van der Waals surface area contributed by atoms with Gasteiger partial charge in [-0.25, -0.2) is 14.8 Å². The van der Waals surface area contributed by atoms with Crippen molar-refractivity contribution in [1.29, 1.82) is 0 Å². The summed E-state index contributed by atoms with van der Waals surface area (Å²) in [5.74, 6) is 0.302. The van der Waals surface area contributed by atoms with E-state index in [4.69, 9.17) is 16.7 Å². The van der Waals surface area contributed by atoms with Gasteiger partial charge in [0, 0.05) is 13.2 Å². The average Bonchev–Trinajstić information content (AvgIpc) is 2.68. The lowest BCUT2D eigenvalue weighted by atomic mass is 10.3. The molecule has 0 spiro atoms. The van der Waals surface area contributed by atoms with Gasteiger partial charge in [0.1, 0.15) is 16.0 Å². The van der Waals surface area contributed by atoms with Gasteiger partial charge in [-0.15, -0.1) is 0 Å². The highest BCUT2D eigenvalue weighted by Crippen LogP contribution is 2.24. The smallest absolute Gasteiger partial charge is 0.338 e. The van der Waals surface area contributed by atoms with Crippen molar-refractivity contribution in [3.63, 3.8) is 0 Å². The van der Waals surface area contributed by atoms with Crippen LogP contribution in [0.4, 0.5) is 0 Å². The van der Waals surface area contributed by atoms with Gasteiger partial charge in [-0.3, -0.25) is 0 Å². The Kier molecular flexibility index (Phi) is 3.88. The number of halogens is 1. The number of carbonyl (C=O) groups is 1. The van der Waals surface area contributed by atoms with Crippen LogP contribution in [-0.2, 0) is 12.8 Å². The maximum Gasteiger partial charge on any atom is 0.338 e. The number of carboxylic acid groups (broad SMARTS) is 1. The van der Waals surface area contributed by atoms with Gasteiger partial charge in [-0.2, -0.15) is 0 Å². The van der Waals surface area contributed by atoms with Crippen LogP contribution in [0.5, 0.6) is 0 Å². The van der Waals surface area contributed by atoms with Crippen molar-refractivity contribution in [2.75, 3.05) is 0 Å². The summed E-state index contributed by atoms with van der Waals surface area (Å²) < 4.78 is 1.75. The summed E-state index contributed by atoms with van der Waals surface area (Å²) in [6, 6.07) is 3.13. The van der Waals surface area contributed by atoms with Crippen molar-refractivity contribution >= 4 is 29.3 Å². The molecule has 0 aromatic carbocycles. The zero-order valence-electron chi connectivity index (χ0n) is 9.50. The molecule has 5 nitrogen and oxygen atoms in total. The number of hydrogen-bond donors (Lipinski definition) is 1. The van der Waals surface area contributed by atoms with E-state index in [-0.39, 0.29) is 5.56 Å². The standard InChI is InChI=1S/C11H10ClN3O2S/c1-15-8(12)5-14-9(15)6-18-10-7(11(16)17)3-2-4-13-10/h2-5H,6H2,1H3,(H,16,17). The topological polar surface area (TPSA) is 68.0 Å². The molecular formula is C11H10ClN3O2S. The Hall–Kier alpha value is -1.53. The maximum atomic E-state index is 11.0. The SMILES string of the molecule is Cn1c(Cl)cnc1CSc1ncccc1C(=O)O. The Morgan fingerprint density at radius 2 is 2.33 bits per heavy atom. The fraction of sp³-hybridized carbons (Fsp3) is 0.182. The Bertz CT molecular complexity index is 585. The van der Waals surface area contributed by atoms with E-state index in [9.17, 15) is 4.79 Å². The lowest BCUT2D eigenvalue weighted by Gasteiger charge is -2.04. The van der Waals surface area contributed by atoms with Crippen molar-refractivity contribution < 1.29 is 9.90 Å². The summed E-state index contributed by atoms with van der Waals surface area (Å²) >= 11 is 7.20. The Balaban J connectivity index is 2.16. The first-order valence-corrected chi connectivity index (χ1v) is 6.43. The zero-order valence-corrected chi connectivity index (χ0v) is 11.1. The summed E-state index contributed by atoms with van der Waals surface area (Å²) in [6.45, 7) is 0. The maximum absolute atomic E-state index is 11.0. The largest absolute Gasteiger partial charge is 0.478 e. The Morgan fingerprint density at radius 1 is 1.56 bits per heavy atom. The predicted octanol–water partition coefficient (Wildman–Crippen LogP) is 2.46. The molecule has 0 bridgehead atoms. The van der Waals surface area contributed by atoms with Crippen LogP contribution in [0.3, 0.4) is 0 Å². The van der Waals surface area contributed by atoms with Gasteiger partial charge in [-0.1, -0.05) is 23.4 Å². The second kappa shape index (κ2) is 5.41. The van der Waals surface area contributed by atoms with Crippen LogP contribution in [-0.4, -0.2) is 25.6 Å². The normalized spacial score (nSPS) is 10.6. The first-order chi connectivity index (χ1) is 8.59. The van der Waals surface area contributed by atoms with Crippen molar-refractivity contribution in [1.82, 2.24) is 14.5 Å². The molecule has 0 saturated carbocycles. The minimum Gasteiger partial charge on any atom is -0.478 e. The number of pyridine rings is 1. The van der Waals surface area contributed by atoms with Crippen LogP contribution < -0.4 is 0 Å². The van der Waals surface area contributed by atoms with Crippen molar-refractivity contribution in [2.24, 2.45) is 7.05 Å². The molecule has 0 saturated heterocycles. The van der Waals surface area contributed by atoms with E-state index in [2.05, 4.69) is 9.97 Å². The van der Waals surface area contributed by atoms with Crippen LogP contribution in [0.2, 0.25) is 5.15 Å². The number of hydrogen-bond acceptors (Lipinski definition) is 4. The van der Waals surface area contributed by atoms with Gasteiger partial charge >= 0.3 is 5.97 Å². The third-order valence-corrected chi connectivity index (χ3v) is 3.72. The second-order valence-corrected chi connectivity index (χ2v) is 4.86. The van der Waals surface area contributed by atoms with E-state index >= 15 is 0 Å². The molecule has 18 heavy (non-hydrogen) atoms. The van der Waals surface area contributed by atoms with Gasteiger partial charge in [0.2, 0.25) is 0 Å². The molecule has 0 radical (unpaired) electrons. The summed E-state index contributed by atoms with van der Waals surface area (Å²) in [4.78, 5) is 19.2. The lowest BCUT2D eigenvalue weighted by Crippen LogP contribution is -2.01. The summed E-state index contributed by atoms with van der Waals surface area (Å²) in [6.07, 6.45) is 3.13. The molecule has 2 rings (SSSR count). The van der Waals surface area contributed by atoms with Gasteiger partial charge < -0.3 is 9.67 Å². The number of thioether (sulfide) groups is 1. The monoisotopic (exact) mass is 283 g/mol. The molecular weight excluding hydrogens is 274 g/mol. The lowest BCUT2D eigenvalue weighted by molar-refractivity contribution is 0.0692. The Morgan fingerprint density at radius 3 is 2.94 bits per heavy atom. The van der Waals surface area contributed by atoms with E-state index in [0.717, 1.165) is 5.82 Å². The molecule has 7 heteroatoms. The number of nitrogens with zero attached hydrogens (tertiary/aromatic N) is 3. The first-order valence-electron chi connectivity index (χ1n) is 5.07. The quantitative estimate of drug-likeness (QED) is 0.873. The molecule has 0 aliphatic heterocycles. The van der Waals surface area contributed by atoms with Crippen LogP contribution >= 0.6 is 23.4 Å². The molecule has 0 unspecified atom stereocenters. The van der Waals surface area contributed by atoms with Crippen LogP contribution in [0.25, 0.3) is 0 Å². The molecule has 2 aromatic rings. The first kappa shape index (κ1) is 12.9. The molecule has 0 aliphatic carbocycles. The second-order valence-electron chi connectivity index (χ2n) is 3.51. The van der Waals surface area contributed by atoms with E-state index in [1.807, 2.05) is 7.05 Å². The van der Waals surface area contributed by atoms with Crippen molar-refractivity contribution in [3.05, 3.63) is 41.1 Å². The van der Waals surface area contributed by atoms with Gasteiger partial charge in [-0.05, 0) is 12.1 Å². The Labute approximate surface area is 113 Å². The fourth-order valence-corrected chi connectivity index (χ4v) is 2.49. The molecule has 2 heterocycles. The third-order valence-electron chi connectivity index (χ3n) is 2.37. The molecule has 0 atom stereocenters. The summed E-state index contributed by atoms with van der Waals surface area (Å²) in [5.41, 5.74) is 0.197. The third kappa shape index (κ3) is 2.65. The number of carboxylic acids is 1. The van der Waals surface area contributed by atoms with Gasteiger partial charge in [0.25, 0.3) is 0 Å². The van der Waals surface area contributed by atoms with E-state index in [1.165, 1.54) is 17.8 Å². The molecule has 1 N–H and O–H groups in total. The van der Waals surface area contributed by atoms with Crippen LogP contribution in [0, 0.1) is 0 Å². The van der Waals surface area contributed by atoms with Crippen LogP contribution in [0.15, 0.2) is 29.6 Å². The molecule has 0 amide bonds. The molecule has 94 valence electrons. The van der Waals surface area contributed by atoms with E-state index < -0.39 is 5.97 Å². The number of rotatable bonds is 4. The van der Waals surface area contributed by atoms with Gasteiger partial charge in [0.05, 0.1) is 17.5 Å². The number of imidazole rings is 1. The summed E-state index contributed by atoms with van der Waals surface area (Å²) in [7, 11) is 1.81. The van der Waals surface area contributed by atoms with E-state index in [1.54, 1.807) is 23.0 Å². The highest BCUT2D eigenvalue weighted by atomic mass is 35.5. The average molecular weight is 284 g/mol. The molecule has 0 aliphatic rings. The van der Waals surface area contributed by atoms with E-state index in [0.29, 0.717) is 15.9 Å². The molecule has 2 aromatic heterocycles. The fourth-order valence-electron chi connectivity index (χ4n) is 1.36. The predicted molar refractivity (Wildman–Crippen MR) is 69.0 cm³/mol. The van der Waals surface area contributed by atoms with Crippen molar-refractivity contribution in [2.45, 2.75) is 10.8 Å². The van der Waals surface area contributed by atoms with Crippen LogP contribution in [0.1, 0.15) is 16.2 Å². The highest BCUT2D eigenvalue weighted by Gasteiger charge is 2.12. The number of aromatic carboxylic acids is 1.